The molecule has 1 aliphatic heterocycles. The van der Waals surface area contributed by atoms with Crippen molar-refractivity contribution in [3.8, 4) is 5.75 Å². The predicted molar refractivity (Wildman–Crippen MR) is 87.6 cm³/mol. The van der Waals surface area contributed by atoms with Crippen molar-refractivity contribution in [3.05, 3.63) is 29.6 Å². The Labute approximate surface area is 137 Å². The lowest BCUT2D eigenvalue weighted by Crippen LogP contribution is -2.51. The van der Waals surface area contributed by atoms with Gasteiger partial charge in [0.2, 0.25) is 5.91 Å². The molecule has 2 unspecified atom stereocenters. The normalized spacial score (nSPS) is 18.6. The molecule has 0 aliphatic carbocycles. The SMILES string of the molecule is COc1ccc(CN2CCN(C(=O)C(C)C(C)N)CC2)cc1F. The van der Waals surface area contributed by atoms with Gasteiger partial charge in [0, 0.05) is 38.8 Å². The molecule has 0 bridgehead atoms. The molecule has 1 aromatic carbocycles. The number of nitrogens with zero attached hydrogens (tertiary/aromatic N) is 2. The molecule has 2 rings (SSSR count). The number of methoxy groups -OCH3 is 1. The van der Waals surface area contributed by atoms with E-state index in [-0.39, 0.29) is 29.4 Å². The van der Waals surface area contributed by atoms with Gasteiger partial charge in [-0.3, -0.25) is 9.69 Å². The van der Waals surface area contributed by atoms with Crippen molar-refractivity contribution < 1.29 is 13.9 Å². The first-order chi connectivity index (χ1) is 10.9. The molecule has 0 spiro atoms. The highest BCUT2D eigenvalue weighted by molar-refractivity contribution is 5.79. The average molecular weight is 323 g/mol. The molecule has 23 heavy (non-hydrogen) atoms. The van der Waals surface area contributed by atoms with E-state index in [1.165, 1.54) is 13.2 Å². The third kappa shape index (κ3) is 4.42. The molecule has 1 aliphatic rings. The summed E-state index contributed by atoms with van der Waals surface area (Å²) >= 11 is 0. The molecular formula is C17H26FN3O2. The fourth-order valence-electron chi connectivity index (χ4n) is 2.71. The Morgan fingerprint density at radius 2 is 1.96 bits per heavy atom. The topological polar surface area (TPSA) is 58.8 Å². The van der Waals surface area contributed by atoms with Gasteiger partial charge >= 0.3 is 0 Å². The van der Waals surface area contributed by atoms with Gasteiger partial charge in [0.25, 0.3) is 0 Å². The van der Waals surface area contributed by atoms with Crippen molar-refractivity contribution in [3.63, 3.8) is 0 Å². The summed E-state index contributed by atoms with van der Waals surface area (Å²) in [5.74, 6) is -0.119. The van der Waals surface area contributed by atoms with Crippen LogP contribution >= 0.6 is 0 Å². The van der Waals surface area contributed by atoms with Gasteiger partial charge in [-0.2, -0.15) is 0 Å². The summed E-state index contributed by atoms with van der Waals surface area (Å²) in [6.45, 7) is 7.35. The molecule has 0 radical (unpaired) electrons. The number of rotatable bonds is 5. The van der Waals surface area contributed by atoms with Crippen molar-refractivity contribution >= 4 is 5.91 Å². The zero-order chi connectivity index (χ0) is 17.0. The van der Waals surface area contributed by atoms with Crippen LogP contribution in [-0.2, 0) is 11.3 Å². The van der Waals surface area contributed by atoms with Gasteiger partial charge in [-0.05, 0) is 24.6 Å². The lowest BCUT2D eigenvalue weighted by molar-refractivity contribution is -0.137. The van der Waals surface area contributed by atoms with Crippen LogP contribution in [0.15, 0.2) is 18.2 Å². The fraction of sp³-hybridized carbons (Fsp3) is 0.588. The molecule has 6 heteroatoms. The van der Waals surface area contributed by atoms with Gasteiger partial charge in [-0.15, -0.1) is 0 Å². The van der Waals surface area contributed by atoms with Gasteiger partial charge < -0.3 is 15.4 Å². The number of amides is 1. The second kappa shape index (κ2) is 7.75. The van der Waals surface area contributed by atoms with E-state index in [1.54, 1.807) is 6.07 Å². The molecule has 1 aromatic rings. The summed E-state index contributed by atoms with van der Waals surface area (Å²) in [5, 5.41) is 0. The molecule has 1 fully saturated rings. The minimum Gasteiger partial charge on any atom is -0.494 e. The summed E-state index contributed by atoms with van der Waals surface area (Å²) in [6, 6.07) is 4.89. The molecule has 2 N–H and O–H groups in total. The maximum atomic E-state index is 13.7. The van der Waals surface area contributed by atoms with Crippen molar-refractivity contribution in [2.75, 3.05) is 33.3 Å². The lowest BCUT2D eigenvalue weighted by atomic mass is 10.0. The standard InChI is InChI=1S/C17H26FN3O2/c1-12(13(2)19)17(22)21-8-6-20(7-9-21)11-14-4-5-16(23-3)15(18)10-14/h4-5,10,12-13H,6-9,11,19H2,1-3H3. The Bertz CT molecular complexity index is 543. The van der Waals surface area contributed by atoms with E-state index in [2.05, 4.69) is 4.90 Å². The van der Waals surface area contributed by atoms with Gasteiger partial charge in [0.15, 0.2) is 11.6 Å². The van der Waals surface area contributed by atoms with Gasteiger partial charge in [0.1, 0.15) is 0 Å². The van der Waals surface area contributed by atoms with Crippen LogP contribution in [0.5, 0.6) is 5.75 Å². The Hall–Kier alpha value is -1.66. The van der Waals surface area contributed by atoms with Crippen molar-refractivity contribution in [2.24, 2.45) is 11.7 Å². The Morgan fingerprint density at radius 3 is 2.48 bits per heavy atom. The Morgan fingerprint density at radius 1 is 1.30 bits per heavy atom. The van der Waals surface area contributed by atoms with Crippen LogP contribution in [-0.4, -0.2) is 55.0 Å². The summed E-state index contributed by atoms with van der Waals surface area (Å²) in [7, 11) is 1.46. The maximum Gasteiger partial charge on any atom is 0.227 e. The Kier molecular flexibility index (Phi) is 5.96. The molecule has 128 valence electrons. The van der Waals surface area contributed by atoms with Crippen LogP contribution in [0.2, 0.25) is 0 Å². The predicted octanol–water partition coefficient (Wildman–Crippen LogP) is 1.46. The van der Waals surface area contributed by atoms with Crippen LogP contribution < -0.4 is 10.5 Å². The van der Waals surface area contributed by atoms with E-state index >= 15 is 0 Å². The van der Waals surface area contributed by atoms with Crippen molar-refractivity contribution in [1.29, 1.82) is 0 Å². The van der Waals surface area contributed by atoms with E-state index < -0.39 is 0 Å². The maximum absolute atomic E-state index is 13.7. The van der Waals surface area contributed by atoms with Crippen molar-refractivity contribution in [2.45, 2.75) is 26.4 Å². The third-order valence-corrected chi connectivity index (χ3v) is 4.48. The van der Waals surface area contributed by atoms with Gasteiger partial charge in [-0.25, -0.2) is 4.39 Å². The lowest BCUT2D eigenvalue weighted by Gasteiger charge is -2.36. The highest BCUT2D eigenvalue weighted by atomic mass is 19.1. The fourth-order valence-corrected chi connectivity index (χ4v) is 2.71. The second-order valence-electron chi connectivity index (χ2n) is 6.22. The van der Waals surface area contributed by atoms with Crippen LogP contribution in [0.1, 0.15) is 19.4 Å². The molecule has 1 amide bonds. The molecular weight excluding hydrogens is 297 g/mol. The third-order valence-electron chi connectivity index (χ3n) is 4.48. The minimum atomic E-state index is -0.343. The van der Waals surface area contributed by atoms with Gasteiger partial charge in [0.05, 0.1) is 13.0 Å². The first kappa shape index (κ1) is 17.7. The monoisotopic (exact) mass is 323 g/mol. The Balaban J connectivity index is 1.87. The second-order valence-corrected chi connectivity index (χ2v) is 6.22. The average Bonchev–Trinajstić information content (AvgIpc) is 2.54. The number of benzene rings is 1. The van der Waals surface area contributed by atoms with E-state index in [0.29, 0.717) is 19.6 Å². The molecule has 0 aromatic heterocycles. The van der Waals surface area contributed by atoms with Crippen LogP contribution in [0.3, 0.4) is 0 Å². The molecule has 2 atom stereocenters. The number of piperazine rings is 1. The number of ether oxygens (including phenoxy) is 1. The minimum absolute atomic E-state index is 0.121. The van der Waals surface area contributed by atoms with Crippen LogP contribution in [0.25, 0.3) is 0 Å². The summed E-state index contributed by atoms with van der Waals surface area (Å²) in [4.78, 5) is 16.4. The van der Waals surface area contributed by atoms with Crippen LogP contribution in [0.4, 0.5) is 4.39 Å². The zero-order valence-corrected chi connectivity index (χ0v) is 14.1. The number of carbonyl (C=O) groups excluding carboxylic acids is 1. The van der Waals surface area contributed by atoms with Crippen LogP contribution in [0, 0.1) is 11.7 Å². The number of halogens is 1. The molecule has 1 heterocycles. The summed E-state index contributed by atoms with van der Waals surface area (Å²) < 4.78 is 18.7. The summed E-state index contributed by atoms with van der Waals surface area (Å²) in [6.07, 6.45) is 0. The number of hydrogen-bond donors (Lipinski definition) is 1. The zero-order valence-electron chi connectivity index (χ0n) is 14.1. The molecule has 1 saturated heterocycles. The first-order valence-corrected chi connectivity index (χ1v) is 8.01. The number of nitrogens with two attached hydrogens (primary N) is 1. The number of carbonyl (C=O) groups is 1. The van der Waals surface area contributed by atoms with Crippen molar-refractivity contribution in [1.82, 2.24) is 9.80 Å². The molecule has 0 saturated carbocycles. The molecule has 5 nitrogen and oxygen atoms in total. The first-order valence-electron chi connectivity index (χ1n) is 8.01. The van der Waals surface area contributed by atoms with Gasteiger partial charge in [-0.1, -0.05) is 13.0 Å². The number of hydrogen-bond acceptors (Lipinski definition) is 4. The highest BCUT2D eigenvalue weighted by Crippen LogP contribution is 2.19. The van der Waals surface area contributed by atoms with E-state index in [1.807, 2.05) is 24.8 Å². The summed E-state index contributed by atoms with van der Waals surface area (Å²) in [5.41, 5.74) is 6.72. The van der Waals surface area contributed by atoms with E-state index in [4.69, 9.17) is 10.5 Å². The highest BCUT2D eigenvalue weighted by Gasteiger charge is 2.26. The van der Waals surface area contributed by atoms with E-state index in [9.17, 15) is 9.18 Å². The quantitative estimate of drug-likeness (QED) is 0.891. The van der Waals surface area contributed by atoms with E-state index in [0.717, 1.165) is 18.7 Å². The smallest absolute Gasteiger partial charge is 0.227 e. The largest absolute Gasteiger partial charge is 0.494 e.